The maximum Gasteiger partial charge on any atom is 0.0874 e. The molecule has 0 spiro atoms. The van der Waals surface area contributed by atoms with Crippen LogP contribution in [0.2, 0.25) is 10.0 Å². The Morgan fingerprint density at radius 1 is 0.588 bits per heavy atom. The van der Waals surface area contributed by atoms with Gasteiger partial charge < -0.3 is 24.2 Å². The van der Waals surface area contributed by atoms with E-state index in [1.165, 1.54) is 28.3 Å². The monoisotopic (exact) mass is 497 g/mol. The Bertz CT molecular complexity index is 1120. The van der Waals surface area contributed by atoms with Crippen LogP contribution in [0, 0.1) is 6.92 Å². The lowest BCUT2D eigenvalue weighted by molar-refractivity contribution is 0.309. The molecular weight excluding hydrogens is 465 g/mol. The zero-order chi connectivity index (χ0) is 23.8. The Hall–Kier alpha value is -2.18. The van der Waals surface area contributed by atoms with Gasteiger partial charge in [0.2, 0.25) is 0 Å². The number of hydrogen-bond donors (Lipinski definition) is 0. The van der Waals surface area contributed by atoms with Crippen molar-refractivity contribution in [2.24, 2.45) is 0 Å². The number of piperazine rings is 2. The average Bonchev–Trinajstić information content (AvgIpc) is 3.14. The van der Waals surface area contributed by atoms with Gasteiger partial charge >= 0.3 is 0 Å². The first-order valence-electron chi connectivity index (χ1n) is 12.1. The predicted octanol–water partition coefficient (Wildman–Crippen LogP) is 5.26. The second kappa shape index (κ2) is 9.82. The normalized spacial score (nSPS) is 18.0. The van der Waals surface area contributed by atoms with Crippen LogP contribution in [-0.4, -0.2) is 80.8 Å². The smallest absolute Gasteiger partial charge is 0.0874 e. The Morgan fingerprint density at radius 3 is 1.53 bits per heavy atom. The van der Waals surface area contributed by atoms with E-state index >= 15 is 0 Å². The lowest BCUT2D eigenvalue weighted by Crippen LogP contribution is -2.47. The Balaban J connectivity index is 1.75. The third-order valence-electron chi connectivity index (χ3n) is 7.19. The summed E-state index contributed by atoms with van der Waals surface area (Å²) in [5, 5.41) is 1.51. The third-order valence-corrected chi connectivity index (χ3v) is 7.70. The van der Waals surface area contributed by atoms with Crippen molar-refractivity contribution < 1.29 is 0 Å². The predicted molar refractivity (Wildman–Crippen MR) is 145 cm³/mol. The van der Waals surface area contributed by atoms with Crippen LogP contribution in [0.4, 0.5) is 11.4 Å². The summed E-state index contributed by atoms with van der Waals surface area (Å²) in [7, 11) is 4.42. The highest BCUT2D eigenvalue weighted by molar-refractivity contribution is 6.31. The van der Waals surface area contributed by atoms with Gasteiger partial charge in [0.1, 0.15) is 0 Å². The zero-order valence-corrected chi connectivity index (χ0v) is 21.8. The number of hydrogen-bond acceptors (Lipinski definition) is 4. The topological polar surface area (TPSA) is 17.9 Å². The molecule has 0 saturated carbocycles. The molecule has 0 bridgehead atoms. The fourth-order valence-corrected chi connectivity index (χ4v) is 5.44. The summed E-state index contributed by atoms with van der Waals surface area (Å²) in [4.78, 5) is 10.0. The van der Waals surface area contributed by atoms with Crippen molar-refractivity contribution in [1.29, 1.82) is 0 Å². The van der Waals surface area contributed by atoms with Crippen LogP contribution in [0.1, 0.15) is 5.69 Å². The molecule has 0 atom stereocenters. The van der Waals surface area contributed by atoms with Crippen LogP contribution in [-0.2, 0) is 0 Å². The highest BCUT2D eigenvalue weighted by atomic mass is 35.5. The molecule has 1 aromatic heterocycles. The SMILES string of the molecule is Cc1c(N2CCN(C)CC2)c(N2CCN(C)CC2)c(-c2ccc(Cl)cc2)n1-c1ccc(Cl)cc1. The van der Waals surface area contributed by atoms with Gasteiger partial charge in [0, 0.05) is 79.3 Å². The molecule has 2 fully saturated rings. The van der Waals surface area contributed by atoms with Gasteiger partial charge in [0.25, 0.3) is 0 Å². The summed E-state index contributed by atoms with van der Waals surface area (Å²) in [5.74, 6) is 0. The summed E-state index contributed by atoms with van der Waals surface area (Å²) >= 11 is 12.6. The van der Waals surface area contributed by atoms with Crippen LogP contribution < -0.4 is 9.80 Å². The van der Waals surface area contributed by atoms with E-state index in [4.69, 9.17) is 23.2 Å². The molecule has 0 unspecified atom stereocenters. The van der Waals surface area contributed by atoms with Gasteiger partial charge in [-0.15, -0.1) is 0 Å². The van der Waals surface area contributed by atoms with E-state index in [1.807, 2.05) is 24.3 Å². The number of nitrogens with zero attached hydrogens (tertiary/aromatic N) is 5. The first kappa shape index (κ1) is 23.6. The number of aromatic nitrogens is 1. The van der Waals surface area contributed by atoms with Gasteiger partial charge in [-0.05, 0) is 57.4 Å². The molecule has 5 rings (SSSR count). The van der Waals surface area contributed by atoms with Crippen molar-refractivity contribution in [2.75, 3.05) is 76.3 Å². The molecule has 2 aromatic carbocycles. The molecule has 2 aliphatic heterocycles. The van der Waals surface area contributed by atoms with Crippen molar-refractivity contribution in [3.63, 3.8) is 0 Å². The zero-order valence-electron chi connectivity index (χ0n) is 20.3. The minimum Gasteiger partial charge on any atom is -0.366 e. The van der Waals surface area contributed by atoms with Gasteiger partial charge in [-0.2, -0.15) is 0 Å². The summed E-state index contributed by atoms with van der Waals surface area (Å²) in [6.07, 6.45) is 0. The van der Waals surface area contributed by atoms with Crippen molar-refractivity contribution in [3.05, 3.63) is 64.3 Å². The molecule has 7 heteroatoms. The number of benzene rings is 2. The molecule has 0 N–H and O–H groups in total. The van der Waals surface area contributed by atoms with Gasteiger partial charge in [-0.3, -0.25) is 0 Å². The maximum atomic E-state index is 6.30. The minimum absolute atomic E-state index is 0.750. The summed E-state index contributed by atoms with van der Waals surface area (Å²) in [6, 6.07) is 16.5. The molecule has 2 saturated heterocycles. The molecule has 34 heavy (non-hydrogen) atoms. The van der Waals surface area contributed by atoms with Crippen LogP contribution in [0.15, 0.2) is 48.5 Å². The summed E-state index contributed by atoms with van der Waals surface area (Å²) in [6.45, 7) is 10.6. The van der Waals surface area contributed by atoms with E-state index in [0.29, 0.717) is 0 Å². The Kier molecular flexibility index (Phi) is 6.81. The molecule has 5 nitrogen and oxygen atoms in total. The van der Waals surface area contributed by atoms with E-state index in [9.17, 15) is 0 Å². The van der Waals surface area contributed by atoms with Crippen LogP contribution in [0.3, 0.4) is 0 Å². The largest absolute Gasteiger partial charge is 0.366 e. The third kappa shape index (κ3) is 4.55. The van der Waals surface area contributed by atoms with Gasteiger partial charge in [0.05, 0.1) is 17.1 Å². The lowest BCUT2D eigenvalue weighted by atomic mass is 10.1. The quantitative estimate of drug-likeness (QED) is 0.488. The number of likely N-dealkylation sites (N-methyl/N-ethyl adjacent to an activating group) is 2. The van der Waals surface area contributed by atoms with Gasteiger partial charge in [-0.1, -0.05) is 35.3 Å². The number of halogens is 2. The molecule has 180 valence electrons. The maximum absolute atomic E-state index is 6.30. The van der Waals surface area contributed by atoms with Crippen molar-refractivity contribution in [3.8, 4) is 16.9 Å². The molecule has 0 amide bonds. The Labute approximate surface area is 213 Å². The summed E-state index contributed by atoms with van der Waals surface area (Å²) in [5.41, 5.74) is 7.50. The Morgan fingerprint density at radius 2 is 1.03 bits per heavy atom. The van der Waals surface area contributed by atoms with Crippen LogP contribution in [0.25, 0.3) is 16.9 Å². The van der Waals surface area contributed by atoms with Crippen molar-refractivity contribution in [1.82, 2.24) is 14.4 Å². The first-order valence-corrected chi connectivity index (χ1v) is 12.8. The minimum atomic E-state index is 0.750. The van der Waals surface area contributed by atoms with Crippen molar-refractivity contribution >= 4 is 34.6 Å². The molecular formula is C27H33Cl2N5. The molecule has 2 aliphatic rings. The summed E-state index contributed by atoms with van der Waals surface area (Å²) < 4.78 is 2.42. The average molecular weight is 499 g/mol. The second-order valence-corrected chi connectivity index (χ2v) is 10.4. The van der Waals surface area contributed by atoms with E-state index in [-0.39, 0.29) is 0 Å². The molecule has 0 radical (unpaired) electrons. The van der Waals surface area contributed by atoms with E-state index < -0.39 is 0 Å². The fourth-order valence-electron chi connectivity index (χ4n) is 5.19. The lowest BCUT2D eigenvalue weighted by Gasteiger charge is -2.39. The highest BCUT2D eigenvalue weighted by Gasteiger charge is 2.32. The van der Waals surface area contributed by atoms with E-state index in [2.05, 4.69) is 69.5 Å². The number of rotatable bonds is 4. The standard InChI is InChI=1S/C27H33Cl2N5/c1-20-25(32-16-12-30(2)13-17-32)27(33-18-14-31(3)15-19-33)26(21-4-6-22(28)7-5-21)34(20)24-10-8-23(29)9-11-24/h4-11H,12-19H2,1-3H3. The van der Waals surface area contributed by atoms with Gasteiger partial charge in [0.15, 0.2) is 0 Å². The van der Waals surface area contributed by atoms with Crippen LogP contribution >= 0.6 is 23.2 Å². The van der Waals surface area contributed by atoms with Crippen LogP contribution in [0.5, 0.6) is 0 Å². The van der Waals surface area contributed by atoms with E-state index in [0.717, 1.165) is 68.1 Å². The number of anilines is 2. The van der Waals surface area contributed by atoms with Crippen molar-refractivity contribution in [2.45, 2.75) is 6.92 Å². The molecule has 3 heterocycles. The molecule has 0 aliphatic carbocycles. The molecule has 3 aromatic rings. The van der Waals surface area contributed by atoms with Gasteiger partial charge in [-0.25, -0.2) is 0 Å². The first-order chi connectivity index (χ1) is 16.4. The fraction of sp³-hybridized carbons (Fsp3) is 0.407. The second-order valence-electron chi connectivity index (χ2n) is 9.53. The highest BCUT2D eigenvalue weighted by Crippen LogP contribution is 2.46. The van der Waals surface area contributed by atoms with E-state index in [1.54, 1.807) is 0 Å².